The third kappa shape index (κ3) is 8.55. The van der Waals surface area contributed by atoms with Crippen LogP contribution < -0.4 is 43.8 Å². The minimum atomic E-state index is 0.172. The van der Waals surface area contributed by atoms with Gasteiger partial charge in [-0.3, -0.25) is 0 Å². The second-order valence-corrected chi connectivity index (χ2v) is 21.1. The van der Waals surface area contributed by atoms with Crippen LogP contribution in [0.5, 0.6) is 0 Å². The van der Waals surface area contributed by atoms with Crippen LogP contribution in [-0.2, 0) is 25.7 Å². The molecule has 0 radical (unpaired) electrons. The van der Waals surface area contributed by atoms with E-state index in [-0.39, 0.29) is 13.7 Å². The second-order valence-electron chi connectivity index (χ2n) is 16.5. The summed E-state index contributed by atoms with van der Waals surface area (Å²) in [5.74, 6) is 0. The maximum absolute atomic E-state index is 6.36. The molecule has 8 aromatic rings. The third-order valence-corrected chi connectivity index (χ3v) is 16.7. The van der Waals surface area contributed by atoms with Gasteiger partial charge in [0.25, 0.3) is 0 Å². The molecule has 0 saturated heterocycles. The van der Waals surface area contributed by atoms with Gasteiger partial charge in [0, 0.05) is 84.0 Å². The van der Waals surface area contributed by atoms with Crippen LogP contribution in [0.4, 0.5) is 22.7 Å². The molecular formula is C52H54B2N4S4. The molecule has 4 aromatic carbocycles. The van der Waals surface area contributed by atoms with Crippen LogP contribution in [0.2, 0.25) is 0 Å². The number of rotatable bonds is 12. The number of hydrogen-bond donors (Lipinski definition) is 4. The number of hydrogen-bond acceptors (Lipinski definition) is 8. The smallest absolute Gasteiger partial charge is 0.322 e. The van der Waals surface area contributed by atoms with Gasteiger partial charge in [-0.2, -0.15) is 0 Å². The molecular weight excluding hydrogens is 830 g/mol. The third-order valence-electron chi connectivity index (χ3n) is 11.8. The van der Waals surface area contributed by atoms with Gasteiger partial charge in [-0.15, -0.1) is 45.3 Å². The lowest BCUT2D eigenvalue weighted by Gasteiger charge is -2.30. The van der Waals surface area contributed by atoms with Crippen molar-refractivity contribution in [3.63, 3.8) is 0 Å². The molecule has 0 amide bonds. The standard InChI is InChI=1S/C32H30B2N2S2.C20H24N2S2/c1-3-11-23-17-27-31(37-23)25-19-30-26(20-29(25)35-33(27)21-13-7-5-8-14-21)32-28(18-24(38-32)12-4-2)34(36-30)22-15-9-6-10-16-22;1-3-5-13-7-9-19(23-13)15-11-18(22)16(12-17(15)21)20-10-8-14(24-20)6-4-2/h5-10,13-20,35-36H,3-4,11-12H2,1-2H3;7-12H,3-6,21-22H2,1-2H3. The van der Waals surface area contributed by atoms with Gasteiger partial charge in [0.1, 0.15) is 0 Å². The zero-order chi connectivity index (χ0) is 42.7. The van der Waals surface area contributed by atoms with Crippen LogP contribution in [0.25, 0.3) is 41.8 Å². The molecule has 6 N–H and O–H groups in total. The molecule has 0 aliphatic carbocycles. The van der Waals surface area contributed by atoms with E-state index < -0.39 is 0 Å². The van der Waals surface area contributed by atoms with Crippen molar-refractivity contribution in [1.82, 2.24) is 0 Å². The predicted molar refractivity (Wildman–Crippen MR) is 281 cm³/mol. The van der Waals surface area contributed by atoms with Crippen LogP contribution in [-0.4, -0.2) is 13.7 Å². The average molecular weight is 885 g/mol. The van der Waals surface area contributed by atoms with Crippen molar-refractivity contribution in [3.8, 4) is 41.8 Å². The lowest BCUT2D eigenvalue weighted by atomic mass is 9.48. The van der Waals surface area contributed by atoms with Gasteiger partial charge in [-0.25, -0.2) is 0 Å². The van der Waals surface area contributed by atoms with Gasteiger partial charge in [0.2, 0.25) is 0 Å². The summed E-state index contributed by atoms with van der Waals surface area (Å²) in [6.45, 7) is 9.30. The first kappa shape index (κ1) is 42.3. The molecule has 0 saturated carbocycles. The molecule has 6 heterocycles. The van der Waals surface area contributed by atoms with Gasteiger partial charge < -0.3 is 21.9 Å². The summed E-state index contributed by atoms with van der Waals surface area (Å²) in [5.41, 5.74) is 27.0. The molecule has 0 fully saturated rings. The summed E-state index contributed by atoms with van der Waals surface area (Å²) in [6, 6.07) is 44.3. The Hall–Kier alpha value is -4.99. The Morgan fingerprint density at radius 3 is 1.19 bits per heavy atom. The van der Waals surface area contributed by atoms with Crippen molar-refractivity contribution in [3.05, 3.63) is 141 Å². The summed E-state index contributed by atoms with van der Waals surface area (Å²) in [4.78, 5) is 11.0. The van der Waals surface area contributed by atoms with Gasteiger partial charge in [-0.05, 0) is 85.1 Å². The summed E-state index contributed by atoms with van der Waals surface area (Å²) < 4.78 is 0. The fraction of sp³-hybridized carbons (Fsp3) is 0.231. The molecule has 10 heteroatoms. The van der Waals surface area contributed by atoms with Crippen molar-refractivity contribution in [2.24, 2.45) is 0 Å². The Bertz CT molecular complexity index is 2610. The van der Waals surface area contributed by atoms with E-state index in [1.165, 1.54) is 96.2 Å². The first-order valence-electron chi connectivity index (χ1n) is 22.3. The van der Waals surface area contributed by atoms with Crippen LogP contribution >= 0.6 is 45.3 Å². The number of nitrogens with two attached hydrogens (primary N) is 2. The second kappa shape index (κ2) is 18.8. The minimum absolute atomic E-state index is 0.172. The molecule has 2 aliphatic rings. The van der Waals surface area contributed by atoms with E-state index in [0.29, 0.717) is 0 Å². The summed E-state index contributed by atoms with van der Waals surface area (Å²) in [5, 5.41) is 7.93. The quantitative estimate of drug-likeness (QED) is 0.0728. The predicted octanol–water partition coefficient (Wildman–Crippen LogP) is 12.3. The highest BCUT2D eigenvalue weighted by atomic mass is 32.1. The first-order chi connectivity index (χ1) is 30.3. The lowest BCUT2D eigenvalue weighted by Crippen LogP contribution is -2.52. The molecule has 312 valence electrons. The molecule has 10 rings (SSSR count). The number of nitrogens with one attached hydrogen (secondary N) is 2. The molecule has 4 aromatic heterocycles. The molecule has 0 spiro atoms. The van der Waals surface area contributed by atoms with Gasteiger partial charge >= 0.3 is 13.7 Å². The molecule has 0 bridgehead atoms. The SMILES string of the molecule is CCCc1cc2c(s1)-c1cc3c(cc1NB2c1ccccc1)-c1sc(CCC)cc1B(c1ccccc1)N3.CCCc1ccc(-c2cc(N)c(-c3ccc(CCC)s3)cc2N)s1. The van der Waals surface area contributed by atoms with Crippen LogP contribution in [0.1, 0.15) is 72.9 Å². The fourth-order valence-electron chi connectivity index (χ4n) is 8.87. The van der Waals surface area contributed by atoms with E-state index in [4.69, 9.17) is 11.5 Å². The van der Waals surface area contributed by atoms with Gasteiger partial charge in [-0.1, -0.05) is 137 Å². The molecule has 2 aliphatic heterocycles. The highest BCUT2D eigenvalue weighted by molar-refractivity contribution is 7.19. The van der Waals surface area contributed by atoms with Crippen LogP contribution in [0, 0.1) is 0 Å². The van der Waals surface area contributed by atoms with Crippen molar-refractivity contribution in [2.45, 2.75) is 79.1 Å². The molecule has 0 atom stereocenters. The van der Waals surface area contributed by atoms with Crippen molar-refractivity contribution in [1.29, 1.82) is 0 Å². The largest absolute Gasteiger partial charge is 0.420 e. The summed E-state index contributed by atoms with van der Waals surface area (Å²) in [6.07, 6.45) is 9.16. The minimum Gasteiger partial charge on any atom is -0.420 e. The number of benzene rings is 4. The topological polar surface area (TPSA) is 76.1 Å². The Morgan fingerprint density at radius 2 is 0.806 bits per heavy atom. The number of thiophene rings is 4. The number of fused-ring (bicyclic) bond motifs is 6. The highest BCUT2D eigenvalue weighted by Gasteiger charge is 2.36. The van der Waals surface area contributed by atoms with Crippen molar-refractivity contribution in [2.75, 3.05) is 21.9 Å². The Morgan fingerprint density at radius 1 is 0.419 bits per heavy atom. The first-order valence-corrected chi connectivity index (χ1v) is 25.6. The fourth-order valence-corrected chi connectivity index (χ4v) is 13.8. The maximum Gasteiger partial charge on any atom is 0.322 e. The number of nitrogen functional groups attached to an aromatic ring is 2. The van der Waals surface area contributed by atoms with E-state index in [2.05, 4.69) is 147 Å². The van der Waals surface area contributed by atoms with E-state index in [1.807, 2.05) is 57.5 Å². The maximum atomic E-state index is 6.36. The Labute approximate surface area is 384 Å². The van der Waals surface area contributed by atoms with Crippen LogP contribution in [0.15, 0.2) is 121 Å². The average Bonchev–Trinajstić information content (AvgIpc) is 4.12. The lowest BCUT2D eigenvalue weighted by molar-refractivity contribution is 0.940. The molecule has 0 unspecified atom stereocenters. The Kier molecular flexibility index (Phi) is 12.8. The zero-order valence-corrected chi connectivity index (χ0v) is 39.4. The zero-order valence-electron chi connectivity index (χ0n) is 36.1. The van der Waals surface area contributed by atoms with Crippen LogP contribution in [0.3, 0.4) is 0 Å². The summed E-state index contributed by atoms with van der Waals surface area (Å²) in [7, 11) is 0. The normalized spacial score (nSPS) is 12.4. The van der Waals surface area contributed by atoms with E-state index in [1.54, 1.807) is 0 Å². The van der Waals surface area contributed by atoms with E-state index >= 15 is 0 Å². The summed E-state index contributed by atoms with van der Waals surface area (Å²) >= 11 is 7.59. The Balaban J connectivity index is 0.000000176. The van der Waals surface area contributed by atoms with Crippen molar-refractivity contribution >= 4 is 104 Å². The number of anilines is 4. The molecule has 4 nitrogen and oxygen atoms in total. The van der Waals surface area contributed by atoms with Gasteiger partial charge in [0.05, 0.1) is 0 Å². The van der Waals surface area contributed by atoms with Gasteiger partial charge in [0.15, 0.2) is 0 Å². The number of aryl methyl sites for hydroxylation is 4. The monoisotopic (exact) mass is 884 g/mol. The molecule has 62 heavy (non-hydrogen) atoms. The van der Waals surface area contributed by atoms with E-state index in [0.717, 1.165) is 61.0 Å². The highest BCUT2D eigenvalue weighted by Crippen LogP contribution is 2.46. The van der Waals surface area contributed by atoms with Crippen molar-refractivity contribution < 1.29 is 0 Å². The van der Waals surface area contributed by atoms with E-state index in [9.17, 15) is 0 Å².